The molecule has 0 aliphatic carbocycles. The van der Waals surface area contributed by atoms with E-state index in [1.54, 1.807) is 6.20 Å². The Bertz CT molecular complexity index is 645. The number of morpholine rings is 1. The Labute approximate surface area is 139 Å². The van der Waals surface area contributed by atoms with E-state index in [0.29, 0.717) is 17.2 Å². The zero-order chi connectivity index (χ0) is 16.2. The topological polar surface area (TPSA) is 70.2 Å². The van der Waals surface area contributed by atoms with Crippen molar-refractivity contribution in [2.24, 2.45) is 0 Å². The third kappa shape index (κ3) is 3.90. The number of aromatic amines is 1. The van der Waals surface area contributed by atoms with E-state index in [1.807, 2.05) is 31.3 Å². The van der Waals surface area contributed by atoms with Gasteiger partial charge in [-0.2, -0.15) is 5.10 Å². The molecule has 0 saturated carbocycles. The maximum absolute atomic E-state index is 12.4. The molecule has 1 amide bonds. The predicted molar refractivity (Wildman–Crippen MR) is 87.5 cm³/mol. The number of ether oxygens (including phenoxy) is 1. The average Bonchev–Trinajstić information content (AvgIpc) is 3.08. The van der Waals surface area contributed by atoms with Crippen LogP contribution in [0.3, 0.4) is 0 Å². The second-order valence-electron chi connectivity index (χ2n) is 5.66. The molecule has 3 rings (SSSR count). The summed E-state index contributed by atoms with van der Waals surface area (Å²) in [6.45, 7) is 2.28. The molecule has 1 saturated heterocycles. The molecule has 2 heterocycles. The third-order valence-corrected chi connectivity index (χ3v) is 4.20. The number of rotatable bonds is 4. The van der Waals surface area contributed by atoms with Crippen LogP contribution in [0.1, 0.15) is 22.0 Å². The SMILES string of the molecule is CN1CCO[C@@H]([C@@H](NC(=O)c2cn[nH]c2)c2ccc(Cl)cc2)C1. The number of nitrogens with one attached hydrogen (secondary N) is 2. The van der Waals surface area contributed by atoms with E-state index in [1.165, 1.54) is 6.20 Å². The summed E-state index contributed by atoms with van der Waals surface area (Å²) < 4.78 is 5.90. The summed E-state index contributed by atoms with van der Waals surface area (Å²) >= 11 is 5.97. The zero-order valence-corrected chi connectivity index (χ0v) is 13.6. The summed E-state index contributed by atoms with van der Waals surface area (Å²) in [7, 11) is 2.05. The standard InChI is InChI=1S/C16H19ClN4O2/c1-21-6-7-23-14(10-21)15(11-2-4-13(17)5-3-11)20-16(22)12-8-18-19-9-12/h2-5,8-9,14-15H,6-7,10H2,1H3,(H,18,19)(H,20,22)/t14-,15+/m1/s1. The Morgan fingerprint density at radius 3 is 2.91 bits per heavy atom. The summed E-state index contributed by atoms with van der Waals surface area (Å²) in [4.78, 5) is 14.6. The molecule has 6 nitrogen and oxygen atoms in total. The van der Waals surface area contributed by atoms with Gasteiger partial charge in [-0.05, 0) is 24.7 Å². The fraction of sp³-hybridized carbons (Fsp3) is 0.375. The first kappa shape index (κ1) is 16.0. The second kappa shape index (κ2) is 7.12. The largest absolute Gasteiger partial charge is 0.373 e. The Morgan fingerprint density at radius 2 is 2.26 bits per heavy atom. The van der Waals surface area contributed by atoms with Crippen molar-refractivity contribution in [3.05, 3.63) is 52.8 Å². The van der Waals surface area contributed by atoms with Crippen LogP contribution in [0, 0.1) is 0 Å². The highest BCUT2D eigenvalue weighted by Crippen LogP contribution is 2.24. The maximum atomic E-state index is 12.4. The molecule has 0 unspecified atom stereocenters. The smallest absolute Gasteiger partial charge is 0.255 e. The van der Waals surface area contributed by atoms with E-state index in [-0.39, 0.29) is 18.1 Å². The van der Waals surface area contributed by atoms with Gasteiger partial charge in [-0.1, -0.05) is 23.7 Å². The molecule has 7 heteroatoms. The number of halogens is 1. The van der Waals surface area contributed by atoms with Gasteiger partial charge in [-0.3, -0.25) is 9.89 Å². The summed E-state index contributed by atoms with van der Waals surface area (Å²) in [5, 5.41) is 10.2. The first-order chi connectivity index (χ1) is 11.1. The summed E-state index contributed by atoms with van der Waals surface area (Å²) in [5.74, 6) is -0.185. The van der Waals surface area contributed by atoms with Crippen molar-refractivity contribution in [2.45, 2.75) is 12.1 Å². The van der Waals surface area contributed by atoms with E-state index in [9.17, 15) is 4.79 Å². The molecule has 0 radical (unpaired) electrons. The zero-order valence-electron chi connectivity index (χ0n) is 12.8. The summed E-state index contributed by atoms with van der Waals surface area (Å²) in [6.07, 6.45) is 2.95. The number of H-pyrrole nitrogens is 1. The molecule has 122 valence electrons. The molecule has 0 spiro atoms. The van der Waals surface area contributed by atoms with Crippen LogP contribution >= 0.6 is 11.6 Å². The Hall–Kier alpha value is -1.89. The molecule has 2 aromatic rings. The fourth-order valence-corrected chi connectivity index (χ4v) is 2.80. The number of carbonyl (C=O) groups excluding carboxylic acids is 1. The van der Waals surface area contributed by atoms with Gasteiger partial charge in [-0.15, -0.1) is 0 Å². The Morgan fingerprint density at radius 1 is 1.48 bits per heavy atom. The van der Waals surface area contributed by atoms with Crippen molar-refractivity contribution in [1.29, 1.82) is 0 Å². The fourth-order valence-electron chi connectivity index (χ4n) is 2.67. The van der Waals surface area contributed by atoms with Gasteiger partial charge in [0.1, 0.15) is 0 Å². The molecule has 2 N–H and O–H groups in total. The molecule has 1 fully saturated rings. The van der Waals surface area contributed by atoms with Gasteiger partial charge in [0.25, 0.3) is 5.91 Å². The van der Waals surface area contributed by atoms with Gasteiger partial charge in [0.15, 0.2) is 0 Å². The van der Waals surface area contributed by atoms with E-state index in [4.69, 9.17) is 16.3 Å². The summed E-state index contributed by atoms with van der Waals surface area (Å²) in [6, 6.07) is 7.22. The molecule has 1 aromatic heterocycles. The minimum absolute atomic E-state index is 0.120. The number of aromatic nitrogens is 2. The van der Waals surface area contributed by atoms with Gasteiger partial charge in [0, 0.05) is 24.3 Å². The van der Waals surface area contributed by atoms with Crippen LogP contribution in [-0.2, 0) is 4.74 Å². The highest BCUT2D eigenvalue weighted by Gasteiger charge is 2.29. The molecule has 1 aliphatic rings. The molecule has 2 atom stereocenters. The van der Waals surface area contributed by atoms with Crippen LogP contribution in [0.15, 0.2) is 36.7 Å². The Kier molecular flexibility index (Phi) is 4.95. The molecule has 23 heavy (non-hydrogen) atoms. The van der Waals surface area contributed by atoms with Gasteiger partial charge in [0.2, 0.25) is 0 Å². The predicted octanol–water partition coefficient (Wildman–Crippen LogP) is 1.86. The molecule has 0 bridgehead atoms. The molecule has 1 aliphatic heterocycles. The van der Waals surface area contributed by atoms with Gasteiger partial charge in [0.05, 0.1) is 30.5 Å². The van der Waals surface area contributed by atoms with Crippen molar-refractivity contribution in [3.63, 3.8) is 0 Å². The lowest BCUT2D eigenvalue weighted by molar-refractivity contribution is -0.0380. The number of benzene rings is 1. The molecular formula is C16H19ClN4O2. The van der Waals surface area contributed by atoms with E-state index in [2.05, 4.69) is 20.4 Å². The minimum Gasteiger partial charge on any atom is -0.373 e. The third-order valence-electron chi connectivity index (χ3n) is 3.94. The van der Waals surface area contributed by atoms with Crippen molar-refractivity contribution in [3.8, 4) is 0 Å². The van der Waals surface area contributed by atoms with E-state index in [0.717, 1.165) is 18.7 Å². The van der Waals surface area contributed by atoms with E-state index >= 15 is 0 Å². The summed E-state index contributed by atoms with van der Waals surface area (Å²) in [5.41, 5.74) is 1.46. The quantitative estimate of drug-likeness (QED) is 0.895. The van der Waals surface area contributed by atoms with Crippen molar-refractivity contribution in [1.82, 2.24) is 20.4 Å². The van der Waals surface area contributed by atoms with Crippen molar-refractivity contribution in [2.75, 3.05) is 26.7 Å². The monoisotopic (exact) mass is 334 g/mol. The van der Waals surface area contributed by atoms with Crippen LogP contribution < -0.4 is 5.32 Å². The number of nitrogens with zero attached hydrogens (tertiary/aromatic N) is 2. The highest BCUT2D eigenvalue weighted by atomic mass is 35.5. The number of likely N-dealkylation sites (N-methyl/N-ethyl adjacent to an activating group) is 1. The average molecular weight is 335 g/mol. The number of amides is 1. The normalized spacial score (nSPS) is 20.2. The lowest BCUT2D eigenvalue weighted by atomic mass is 9.99. The first-order valence-electron chi connectivity index (χ1n) is 7.49. The highest BCUT2D eigenvalue weighted by molar-refractivity contribution is 6.30. The Balaban J connectivity index is 1.83. The van der Waals surface area contributed by atoms with Crippen molar-refractivity contribution < 1.29 is 9.53 Å². The number of hydrogen-bond donors (Lipinski definition) is 2. The van der Waals surface area contributed by atoms with Crippen LogP contribution in [0.25, 0.3) is 0 Å². The van der Waals surface area contributed by atoms with Crippen LogP contribution in [0.2, 0.25) is 5.02 Å². The minimum atomic E-state index is -0.252. The van der Waals surface area contributed by atoms with Gasteiger partial charge in [-0.25, -0.2) is 0 Å². The van der Waals surface area contributed by atoms with Crippen LogP contribution in [-0.4, -0.2) is 53.9 Å². The second-order valence-corrected chi connectivity index (χ2v) is 6.10. The van der Waals surface area contributed by atoms with Crippen LogP contribution in [0.4, 0.5) is 0 Å². The van der Waals surface area contributed by atoms with Gasteiger partial charge >= 0.3 is 0 Å². The van der Waals surface area contributed by atoms with Crippen molar-refractivity contribution >= 4 is 17.5 Å². The van der Waals surface area contributed by atoms with Crippen LogP contribution in [0.5, 0.6) is 0 Å². The lowest BCUT2D eigenvalue weighted by Crippen LogP contribution is -2.47. The van der Waals surface area contributed by atoms with E-state index < -0.39 is 0 Å². The lowest BCUT2D eigenvalue weighted by Gasteiger charge is -2.35. The number of hydrogen-bond acceptors (Lipinski definition) is 4. The first-order valence-corrected chi connectivity index (χ1v) is 7.86. The number of carbonyl (C=O) groups is 1. The molecular weight excluding hydrogens is 316 g/mol. The maximum Gasteiger partial charge on any atom is 0.255 e. The van der Waals surface area contributed by atoms with Gasteiger partial charge < -0.3 is 15.0 Å². The molecule has 1 aromatic carbocycles.